The molecule has 0 unspecified atom stereocenters. The third-order valence-electron chi connectivity index (χ3n) is 4.14. The maximum Gasteiger partial charge on any atom is 0.0797 e. The normalized spacial score (nSPS) is 16.2. The van der Waals surface area contributed by atoms with Crippen LogP contribution in [0.2, 0.25) is 10.0 Å². The summed E-state index contributed by atoms with van der Waals surface area (Å²) in [6, 6.07) is 5.88. The van der Waals surface area contributed by atoms with E-state index < -0.39 is 0 Å². The number of aromatic nitrogens is 1. The second kappa shape index (κ2) is 7.18. The van der Waals surface area contributed by atoms with Crippen molar-refractivity contribution in [3.8, 4) is 0 Å². The van der Waals surface area contributed by atoms with Crippen LogP contribution in [0.4, 0.5) is 5.69 Å². The fourth-order valence-electron chi connectivity index (χ4n) is 2.74. The molecule has 0 atom stereocenters. The Balaban J connectivity index is 1.51. The molecule has 0 bridgehead atoms. The monoisotopic (exact) mass is 355 g/mol. The lowest BCUT2D eigenvalue weighted by Gasteiger charge is -2.36. The first-order chi connectivity index (χ1) is 10.6. The van der Waals surface area contributed by atoms with E-state index in [1.165, 1.54) is 10.6 Å². The van der Waals surface area contributed by atoms with E-state index in [1.54, 1.807) is 11.3 Å². The lowest BCUT2D eigenvalue weighted by atomic mass is 10.2. The van der Waals surface area contributed by atoms with Crippen LogP contribution in [0, 0.1) is 6.92 Å². The van der Waals surface area contributed by atoms with Crippen LogP contribution >= 0.6 is 34.5 Å². The molecule has 118 valence electrons. The van der Waals surface area contributed by atoms with Gasteiger partial charge in [-0.15, -0.1) is 11.3 Å². The smallest absolute Gasteiger partial charge is 0.0797 e. The summed E-state index contributed by atoms with van der Waals surface area (Å²) in [6.07, 6.45) is 1.10. The Labute approximate surface area is 145 Å². The predicted octanol–water partition coefficient (Wildman–Crippen LogP) is 4.12. The van der Waals surface area contributed by atoms with Crippen molar-refractivity contribution < 1.29 is 0 Å². The summed E-state index contributed by atoms with van der Waals surface area (Å²) >= 11 is 13.9. The minimum Gasteiger partial charge on any atom is -0.369 e. The summed E-state index contributed by atoms with van der Waals surface area (Å²) in [5, 5.41) is 1.24. The molecule has 1 saturated heterocycles. The number of anilines is 1. The average molecular weight is 356 g/mol. The first kappa shape index (κ1) is 16.1. The Bertz CT molecular complexity index is 636. The second-order valence-electron chi connectivity index (χ2n) is 5.54. The van der Waals surface area contributed by atoms with Crippen molar-refractivity contribution in [3.63, 3.8) is 0 Å². The summed E-state index contributed by atoms with van der Waals surface area (Å²) < 4.78 is 0. The van der Waals surface area contributed by atoms with Gasteiger partial charge in [0.05, 0.1) is 21.2 Å². The standard InChI is InChI=1S/C16H19Cl2N3S/c1-12-16(22-11-19-12)4-5-20-6-8-21(9-7-20)13-2-3-14(17)15(18)10-13/h2-3,10-11H,4-9H2,1H3. The maximum absolute atomic E-state index is 6.11. The van der Waals surface area contributed by atoms with Gasteiger partial charge >= 0.3 is 0 Å². The van der Waals surface area contributed by atoms with Gasteiger partial charge in [-0.3, -0.25) is 4.90 Å². The molecule has 3 rings (SSSR count). The van der Waals surface area contributed by atoms with Crippen LogP contribution in [-0.4, -0.2) is 42.6 Å². The molecule has 1 aliphatic rings. The van der Waals surface area contributed by atoms with E-state index in [-0.39, 0.29) is 0 Å². The summed E-state index contributed by atoms with van der Waals surface area (Å²) in [4.78, 5) is 10.6. The van der Waals surface area contributed by atoms with E-state index in [1.807, 2.05) is 23.7 Å². The second-order valence-corrected chi connectivity index (χ2v) is 7.29. The Kier molecular flexibility index (Phi) is 5.24. The van der Waals surface area contributed by atoms with Gasteiger partial charge in [-0.05, 0) is 31.5 Å². The number of hydrogen-bond acceptors (Lipinski definition) is 4. The van der Waals surface area contributed by atoms with E-state index >= 15 is 0 Å². The Morgan fingerprint density at radius 3 is 2.55 bits per heavy atom. The zero-order chi connectivity index (χ0) is 15.5. The molecule has 1 aromatic carbocycles. The summed E-state index contributed by atoms with van der Waals surface area (Å²) in [7, 11) is 0. The highest BCUT2D eigenvalue weighted by molar-refractivity contribution is 7.09. The van der Waals surface area contributed by atoms with Crippen LogP contribution in [0.3, 0.4) is 0 Å². The van der Waals surface area contributed by atoms with Gasteiger partial charge in [-0.2, -0.15) is 0 Å². The lowest BCUT2D eigenvalue weighted by Crippen LogP contribution is -2.47. The van der Waals surface area contributed by atoms with Crippen molar-refractivity contribution >= 4 is 40.2 Å². The number of rotatable bonds is 4. The molecule has 2 aromatic rings. The molecule has 22 heavy (non-hydrogen) atoms. The van der Waals surface area contributed by atoms with Gasteiger partial charge in [-0.25, -0.2) is 4.98 Å². The number of piperazine rings is 1. The number of aryl methyl sites for hydroxylation is 1. The van der Waals surface area contributed by atoms with Gasteiger partial charge < -0.3 is 4.90 Å². The first-order valence-electron chi connectivity index (χ1n) is 7.45. The lowest BCUT2D eigenvalue weighted by molar-refractivity contribution is 0.261. The van der Waals surface area contributed by atoms with Crippen LogP contribution in [0.5, 0.6) is 0 Å². The van der Waals surface area contributed by atoms with Crippen LogP contribution < -0.4 is 4.90 Å². The number of hydrogen-bond donors (Lipinski definition) is 0. The molecule has 2 heterocycles. The highest BCUT2D eigenvalue weighted by Crippen LogP contribution is 2.27. The topological polar surface area (TPSA) is 19.4 Å². The van der Waals surface area contributed by atoms with E-state index in [0.717, 1.165) is 44.8 Å². The highest BCUT2D eigenvalue weighted by Gasteiger charge is 2.18. The van der Waals surface area contributed by atoms with Gasteiger partial charge in [0.1, 0.15) is 0 Å². The fraction of sp³-hybridized carbons (Fsp3) is 0.438. The van der Waals surface area contributed by atoms with E-state index in [9.17, 15) is 0 Å². The molecule has 0 aliphatic carbocycles. The van der Waals surface area contributed by atoms with Crippen molar-refractivity contribution in [3.05, 3.63) is 44.3 Å². The number of nitrogens with zero attached hydrogens (tertiary/aromatic N) is 3. The molecule has 0 amide bonds. The molecule has 0 spiro atoms. The number of benzene rings is 1. The minimum atomic E-state index is 0.615. The number of thiazole rings is 1. The maximum atomic E-state index is 6.11. The molecule has 1 aromatic heterocycles. The van der Waals surface area contributed by atoms with E-state index in [4.69, 9.17) is 23.2 Å². The summed E-state index contributed by atoms with van der Waals surface area (Å²) in [5.41, 5.74) is 4.28. The average Bonchev–Trinajstić information content (AvgIpc) is 2.94. The molecule has 1 aliphatic heterocycles. The van der Waals surface area contributed by atoms with Crippen molar-refractivity contribution in [1.82, 2.24) is 9.88 Å². The van der Waals surface area contributed by atoms with Crippen LogP contribution in [-0.2, 0) is 6.42 Å². The largest absolute Gasteiger partial charge is 0.369 e. The van der Waals surface area contributed by atoms with Crippen LogP contribution in [0.25, 0.3) is 0 Å². The molecular formula is C16H19Cl2N3S. The highest BCUT2D eigenvalue weighted by atomic mass is 35.5. The van der Waals surface area contributed by atoms with Gasteiger partial charge in [0.15, 0.2) is 0 Å². The SMILES string of the molecule is Cc1ncsc1CCN1CCN(c2ccc(Cl)c(Cl)c2)CC1. The van der Waals surface area contributed by atoms with E-state index in [0.29, 0.717) is 10.0 Å². The van der Waals surface area contributed by atoms with Crippen molar-refractivity contribution in [2.75, 3.05) is 37.6 Å². The van der Waals surface area contributed by atoms with Crippen molar-refractivity contribution in [2.45, 2.75) is 13.3 Å². The Morgan fingerprint density at radius 1 is 1.14 bits per heavy atom. The van der Waals surface area contributed by atoms with Gasteiger partial charge in [0.25, 0.3) is 0 Å². The minimum absolute atomic E-state index is 0.615. The molecular weight excluding hydrogens is 337 g/mol. The van der Waals surface area contributed by atoms with Crippen LogP contribution in [0.15, 0.2) is 23.7 Å². The third kappa shape index (κ3) is 3.74. The molecule has 0 radical (unpaired) electrons. The van der Waals surface area contributed by atoms with Crippen molar-refractivity contribution in [2.24, 2.45) is 0 Å². The van der Waals surface area contributed by atoms with Gasteiger partial charge in [-0.1, -0.05) is 23.2 Å². The number of halogens is 2. The Morgan fingerprint density at radius 2 is 1.91 bits per heavy atom. The van der Waals surface area contributed by atoms with Crippen molar-refractivity contribution in [1.29, 1.82) is 0 Å². The fourth-order valence-corrected chi connectivity index (χ4v) is 3.80. The quantitative estimate of drug-likeness (QED) is 0.821. The zero-order valence-electron chi connectivity index (χ0n) is 12.6. The van der Waals surface area contributed by atoms with Gasteiger partial charge in [0.2, 0.25) is 0 Å². The molecule has 6 heteroatoms. The molecule has 1 fully saturated rings. The van der Waals surface area contributed by atoms with Gasteiger partial charge in [0, 0.05) is 43.3 Å². The molecule has 3 nitrogen and oxygen atoms in total. The predicted molar refractivity (Wildman–Crippen MR) is 95.7 cm³/mol. The summed E-state index contributed by atoms with van der Waals surface area (Å²) in [5.74, 6) is 0. The molecule has 0 N–H and O–H groups in total. The zero-order valence-corrected chi connectivity index (χ0v) is 14.9. The summed E-state index contributed by atoms with van der Waals surface area (Å²) in [6.45, 7) is 7.42. The Hall–Kier alpha value is -0.810. The first-order valence-corrected chi connectivity index (χ1v) is 9.08. The third-order valence-corrected chi connectivity index (χ3v) is 5.87. The van der Waals surface area contributed by atoms with Crippen LogP contribution in [0.1, 0.15) is 10.6 Å². The molecule has 0 saturated carbocycles. The van der Waals surface area contributed by atoms with E-state index in [2.05, 4.69) is 21.7 Å².